The van der Waals surface area contributed by atoms with Crippen molar-refractivity contribution < 1.29 is 4.92 Å². The molecule has 3 heterocycles. The molecule has 0 atom stereocenters. The van der Waals surface area contributed by atoms with Crippen LogP contribution in [0.25, 0.3) is 0 Å². The van der Waals surface area contributed by atoms with Crippen LogP contribution in [0.15, 0.2) is 24.7 Å². The van der Waals surface area contributed by atoms with Gasteiger partial charge in [0.1, 0.15) is 12.1 Å². The highest BCUT2D eigenvalue weighted by Crippen LogP contribution is 2.33. The Morgan fingerprint density at radius 3 is 2.58 bits per heavy atom. The molecule has 1 saturated heterocycles. The fourth-order valence-corrected chi connectivity index (χ4v) is 2.61. The molecule has 2 aromatic rings. The van der Waals surface area contributed by atoms with Crippen molar-refractivity contribution in [2.24, 2.45) is 0 Å². The minimum Gasteiger partial charge on any atom is -0.348 e. The zero-order valence-electron chi connectivity index (χ0n) is 13.6. The average Bonchev–Trinajstić information content (AvgIpc) is 2.57. The molecule has 0 aromatic carbocycles. The maximum atomic E-state index is 11.7. The van der Waals surface area contributed by atoms with E-state index in [1.165, 1.54) is 6.33 Å². The third-order valence-electron chi connectivity index (χ3n) is 4.03. The third kappa shape index (κ3) is 3.25. The lowest BCUT2D eigenvalue weighted by Gasteiger charge is -2.32. The van der Waals surface area contributed by atoms with Crippen molar-refractivity contribution in [1.82, 2.24) is 19.9 Å². The first-order valence-electron chi connectivity index (χ1n) is 7.68. The van der Waals surface area contributed by atoms with Gasteiger partial charge in [-0.2, -0.15) is 0 Å². The minimum atomic E-state index is -0.436. The van der Waals surface area contributed by atoms with Gasteiger partial charge in [-0.15, -0.1) is 0 Å². The summed E-state index contributed by atoms with van der Waals surface area (Å²) in [4.78, 5) is 27.8. The van der Waals surface area contributed by atoms with Crippen LogP contribution in [-0.4, -0.2) is 58.0 Å². The number of hydrogen-bond donors (Lipinski definition) is 1. The van der Waals surface area contributed by atoms with E-state index in [-0.39, 0.29) is 11.5 Å². The lowest BCUT2D eigenvalue weighted by molar-refractivity contribution is -0.383. The van der Waals surface area contributed by atoms with Crippen LogP contribution in [0.4, 0.5) is 23.1 Å². The summed E-state index contributed by atoms with van der Waals surface area (Å²) in [5.41, 5.74) is 0.763. The normalized spacial score (nSPS) is 15.3. The van der Waals surface area contributed by atoms with Crippen molar-refractivity contribution in [1.29, 1.82) is 0 Å². The number of nitrogens with one attached hydrogen (secondary N) is 1. The molecule has 126 valence electrons. The van der Waals surface area contributed by atoms with Gasteiger partial charge in [-0.05, 0) is 25.6 Å². The molecule has 1 fully saturated rings. The first-order valence-corrected chi connectivity index (χ1v) is 7.68. The van der Waals surface area contributed by atoms with Crippen LogP contribution in [0.2, 0.25) is 0 Å². The predicted molar refractivity (Wildman–Crippen MR) is 90.7 cm³/mol. The number of piperazine rings is 1. The first kappa shape index (κ1) is 16.1. The predicted octanol–water partition coefficient (Wildman–Crippen LogP) is 1.58. The van der Waals surface area contributed by atoms with Gasteiger partial charge in [0.2, 0.25) is 11.6 Å². The molecule has 24 heavy (non-hydrogen) atoms. The van der Waals surface area contributed by atoms with Crippen molar-refractivity contribution in [2.75, 3.05) is 43.4 Å². The number of nitro groups is 1. The molecule has 9 nitrogen and oxygen atoms in total. The molecule has 9 heteroatoms. The molecule has 2 aromatic heterocycles. The number of hydrogen-bond acceptors (Lipinski definition) is 8. The number of anilines is 3. The van der Waals surface area contributed by atoms with Gasteiger partial charge in [0.25, 0.3) is 0 Å². The third-order valence-corrected chi connectivity index (χ3v) is 4.03. The number of nitrogens with zero attached hydrogens (tertiary/aromatic N) is 6. The average molecular weight is 329 g/mol. The van der Waals surface area contributed by atoms with E-state index >= 15 is 0 Å². The molecule has 0 amide bonds. The second-order valence-corrected chi connectivity index (χ2v) is 5.74. The summed E-state index contributed by atoms with van der Waals surface area (Å²) >= 11 is 0. The Bertz CT molecular complexity index is 744. The van der Waals surface area contributed by atoms with Crippen LogP contribution in [0, 0.1) is 17.0 Å². The summed E-state index contributed by atoms with van der Waals surface area (Å²) in [7, 11) is 2.03. The van der Waals surface area contributed by atoms with Crippen LogP contribution in [0.1, 0.15) is 5.56 Å². The van der Waals surface area contributed by atoms with E-state index in [1.807, 2.05) is 31.0 Å². The molecule has 0 unspecified atom stereocenters. The van der Waals surface area contributed by atoms with Gasteiger partial charge >= 0.3 is 5.69 Å². The van der Waals surface area contributed by atoms with Gasteiger partial charge in [0.15, 0.2) is 0 Å². The Morgan fingerprint density at radius 1 is 1.17 bits per heavy atom. The van der Waals surface area contributed by atoms with Crippen LogP contribution < -0.4 is 10.2 Å². The Kier molecular flexibility index (Phi) is 4.52. The zero-order valence-corrected chi connectivity index (χ0v) is 13.6. The highest BCUT2D eigenvalue weighted by atomic mass is 16.6. The summed E-state index contributed by atoms with van der Waals surface area (Å²) in [6.45, 7) is 4.93. The van der Waals surface area contributed by atoms with E-state index in [0.717, 1.165) is 18.7 Å². The van der Waals surface area contributed by atoms with Gasteiger partial charge in [-0.3, -0.25) is 10.1 Å². The van der Waals surface area contributed by atoms with Crippen LogP contribution in [0.5, 0.6) is 0 Å². The van der Waals surface area contributed by atoms with Crippen LogP contribution in [0.3, 0.4) is 0 Å². The van der Waals surface area contributed by atoms with E-state index in [1.54, 1.807) is 6.20 Å². The van der Waals surface area contributed by atoms with Gasteiger partial charge in [0.05, 0.1) is 4.92 Å². The first-order chi connectivity index (χ1) is 11.6. The molecule has 3 rings (SSSR count). The number of rotatable bonds is 4. The lowest BCUT2D eigenvalue weighted by atomic mass is 10.2. The minimum absolute atomic E-state index is 0.118. The summed E-state index contributed by atoms with van der Waals surface area (Å²) in [5.74, 6) is 1.05. The van der Waals surface area contributed by atoms with Crippen LogP contribution in [-0.2, 0) is 0 Å². The zero-order chi connectivity index (χ0) is 17.1. The second kappa shape index (κ2) is 6.75. The molecule has 0 spiro atoms. The van der Waals surface area contributed by atoms with Crippen molar-refractivity contribution in [3.63, 3.8) is 0 Å². The Labute approximate surface area is 139 Å². The summed E-state index contributed by atoms with van der Waals surface area (Å²) in [6, 6.07) is 3.69. The smallest absolute Gasteiger partial charge is 0.348 e. The SMILES string of the molecule is Cc1cccnc1Nc1ncnc(N2CCN(C)CC2)c1[N+](=O)[O-]. The fourth-order valence-electron chi connectivity index (χ4n) is 2.61. The van der Waals surface area contributed by atoms with E-state index in [2.05, 4.69) is 25.2 Å². The maximum absolute atomic E-state index is 11.7. The van der Waals surface area contributed by atoms with Gasteiger partial charge in [-0.1, -0.05) is 6.07 Å². The topological polar surface area (TPSA) is 100 Å². The largest absolute Gasteiger partial charge is 0.353 e. The molecule has 1 aliphatic rings. The maximum Gasteiger partial charge on any atom is 0.353 e. The summed E-state index contributed by atoms with van der Waals surface area (Å²) in [6.07, 6.45) is 2.98. The molecular formula is C15H19N7O2. The van der Waals surface area contributed by atoms with Crippen molar-refractivity contribution >= 4 is 23.1 Å². The Balaban J connectivity index is 1.97. The van der Waals surface area contributed by atoms with Gasteiger partial charge in [0, 0.05) is 32.4 Å². The molecule has 1 aliphatic heterocycles. The lowest BCUT2D eigenvalue weighted by Crippen LogP contribution is -2.45. The highest BCUT2D eigenvalue weighted by molar-refractivity contribution is 5.74. The summed E-state index contributed by atoms with van der Waals surface area (Å²) in [5, 5.41) is 14.6. The molecule has 0 aliphatic carbocycles. The summed E-state index contributed by atoms with van der Waals surface area (Å²) < 4.78 is 0. The Morgan fingerprint density at radius 2 is 1.92 bits per heavy atom. The van der Waals surface area contributed by atoms with Gasteiger partial charge in [-0.25, -0.2) is 15.0 Å². The van der Waals surface area contributed by atoms with Crippen molar-refractivity contribution in [3.05, 3.63) is 40.3 Å². The van der Waals surface area contributed by atoms with Gasteiger partial charge < -0.3 is 15.1 Å². The number of aryl methyl sites for hydroxylation is 1. The van der Waals surface area contributed by atoms with E-state index in [4.69, 9.17) is 0 Å². The number of pyridine rings is 1. The van der Waals surface area contributed by atoms with E-state index < -0.39 is 4.92 Å². The standard InChI is InChI=1S/C15H19N7O2/c1-11-4-3-5-16-13(11)19-14-12(22(23)24)15(18-10-17-14)21-8-6-20(2)7-9-21/h3-5,10H,6-9H2,1-2H3,(H,16,17,18,19). The molecule has 1 N–H and O–H groups in total. The molecule has 0 bridgehead atoms. The molecular weight excluding hydrogens is 310 g/mol. The molecule has 0 saturated carbocycles. The number of aromatic nitrogens is 3. The monoisotopic (exact) mass is 329 g/mol. The van der Waals surface area contributed by atoms with E-state index in [9.17, 15) is 10.1 Å². The highest BCUT2D eigenvalue weighted by Gasteiger charge is 2.29. The molecule has 0 radical (unpaired) electrons. The van der Waals surface area contributed by atoms with E-state index in [0.29, 0.717) is 24.7 Å². The number of likely N-dealkylation sites (N-methyl/N-ethyl adjacent to an activating group) is 1. The fraction of sp³-hybridized carbons (Fsp3) is 0.400. The van der Waals surface area contributed by atoms with Crippen molar-refractivity contribution in [2.45, 2.75) is 6.92 Å². The Hall–Kier alpha value is -2.81. The quantitative estimate of drug-likeness (QED) is 0.666. The second-order valence-electron chi connectivity index (χ2n) is 5.74. The van der Waals surface area contributed by atoms with Crippen molar-refractivity contribution in [3.8, 4) is 0 Å². The van der Waals surface area contributed by atoms with Crippen LogP contribution >= 0.6 is 0 Å².